The molecule has 0 heterocycles. The van der Waals surface area contributed by atoms with Crippen molar-refractivity contribution >= 4 is 17.9 Å². The molecule has 0 aromatic heterocycles. The molecule has 0 aromatic rings. The number of allylic oxidation sites excluding steroid dienone is 22. The van der Waals surface area contributed by atoms with Gasteiger partial charge < -0.3 is 14.2 Å². The van der Waals surface area contributed by atoms with E-state index in [9.17, 15) is 14.4 Å². The van der Waals surface area contributed by atoms with Crippen molar-refractivity contribution in [2.45, 2.75) is 200 Å². The van der Waals surface area contributed by atoms with E-state index in [2.05, 4.69) is 87.6 Å². The molecule has 358 valence electrons. The molecule has 0 aliphatic carbocycles. The van der Waals surface area contributed by atoms with Gasteiger partial charge in [-0.3, -0.25) is 14.4 Å². The molecule has 0 fully saturated rings. The average Bonchev–Trinajstić information content (AvgIpc) is 3.29. The van der Waals surface area contributed by atoms with Gasteiger partial charge in [-0.15, -0.1) is 0 Å². The first kappa shape index (κ1) is 59.5. The highest BCUT2D eigenvalue weighted by Crippen LogP contribution is 2.12. The molecule has 64 heavy (non-hydrogen) atoms. The minimum atomic E-state index is -0.828. The molecule has 0 radical (unpaired) electrons. The maximum atomic E-state index is 12.8. The van der Waals surface area contributed by atoms with Crippen LogP contribution >= 0.6 is 0 Å². The highest BCUT2D eigenvalue weighted by molar-refractivity contribution is 5.71. The summed E-state index contributed by atoms with van der Waals surface area (Å²) in [7, 11) is 0. The van der Waals surface area contributed by atoms with Crippen LogP contribution in [0.15, 0.2) is 134 Å². The first-order valence-electron chi connectivity index (χ1n) is 25.3. The van der Waals surface area contributed by atoms with Crippen LogP contribution < -0.4 is 0 Å². The van der Waals surface area contributed by atoms with E-state index >= 15 is 0 Å². The van der Waals surface area contributed by atoms with Gasteiger partial charge in [0.05, 0.1) is 0 Å². The number of esters is 3. The van der Waals surface area contributed by atoms with Gasteiger partial charge in [0.15, 0.2) is 6.10 Å². The molecule has 6 nitrogen and oxygen atoms in total. The van der Waals surface area contributed by atoms with E-state index < -0.39 is 6.10 Å². The van der Waals surface area contributed by atoms with Crippen molar-refractivity contribution in [2.24, 2.45) is 0 Å². The molecule has 0 N–H and O–H groups in total. The van der Waals surface area contributed by atoms with Crippen LogP contribution in [-0.4, -0.2) is 37.2 Å². The summed E-state index contributed by atoms with van der Waals surface area (Å²) in [5, 5.41) is 0. The largest absolute Gasteiger partial charge is 0.462 e. The molecule has 1 unspecified atom stereocenters. The molecule has 0 aromatic carbocycles. The summed E-state index contributed by atoms with van der Waals surface area (Å²) in [6.45, 7) is 6.28. The summed E-state index contributed by atoms with van der Waals surface area (Å²) >= 11 is 0. The van der Waals surface area contributed by atoms with Gasteiger partial charge in [0.1, 0.15) is 13.2 Å². The van der Waals surface area contributed by atoms with Crippen LogP contribution in [-0.2, 0) is 28.6 Å². The Morgan fingerprint density at radius 1 is 0.344 bits per heavy atom. The zero-order valence-electron chi connectivity index (χ0n) is 40.7. The van der Waals surface area contributed by atoms with Gasteiger partial charge in [-0.1, -0.05) is 231 Å². The van der Waals surface area contributed by atoms with Gasteiger partial charge in [0.25, 0.3) is 0 Å². The van der Waals surface area contributed by atoms with Crippen molar-refractivity contribution in [3.8, 4) is 0 Å². The van der Waals surface area contributed by atoms with Gasteiger partial charge in [-0.05, 0) is 77.0 Å². The van der Waals surface area contributed by atoms with Crippen LogP contribution in [0.25, 0.3) is 0 Å². The summed E-state index contributed by atoms with van der Waals surface area (Å²) < 4.78 is 16.7. The van der Waals surface area contributed by atoms with E-state index in [1.54, 1.807) is 0 Å². The van der Waals surface area contributed by atoms with Gasteiger partial charge in [-0.25, -0.2) is 0 Å². The Kier molecular flexibility index (Phi) is 47.6. The van der Waals surface area contributed by atoms with Gasteiger partial charge in [-0.2, -0.15) is 0 Å². The fraction of sp³-hybridized carbons (Fsp3) is 0.569. The standard InChI is InChI=1S/C58H90O6/c1-4-7-10-13-16-19-22-25-27-28-29-31-33-36-39-42-45-48-51-57(60)63-54-55(53-62-56(59)50-47-44-41-38-35-32-24-21-18-15-12-9-6-3)64-58(61)52-49-46-43-40-37-34-30-26-23-20-17-14-11-8-5-2/h8,10-11,13-14,16-17,19-20,22-23,25-32,35,41,44,55H,4-7,9,12,15,18,21,24,33-34,36-40,42-43,45-54H2,1-3H3/b11-8+,13-10+,17-14+,19-16+,23-20+,25-22+,28-27+,30-26+,31-29+,35-32+,44-41+. The summed E-state index contributed by atoms with van der Waals surface area (Å²) in [6.07, 6.45) is 71.5. The van der Waals surface area contributed by atoms with Crippen molar-refractivity contribution in [1.29, 1.82) is 0 Å². The lowest BCUT2D eigenvalue weighted by Crippen LogP contribution is -2.30. The monoisotopic (exact) mass is 883 g/mol. The van der Waals surface area contributed by atoms with Crippen LogP contribution in [0.4, 0.5) is 0 Å². The highest BCUT2D eigenvalue weighted by atomic mass is 16.6. The number of carbonyl (C=O) groups is 3. The predicted molar refractivity (Wildman–Crippen MR) is 274 cm³/mol. The molecular formula is C58H90O6. The molecule has 0 saturated heterocycles. The van der Waals surface area contributed by atoms with Gasteiger partial charge in [0.2, 0.25) is 0 Å². The van der Waals surface area contributed by atoms with Crippen LogP contribution in [0.5, 0.6) is 0 Å². The van der Waals surface area contributed by atoms with E-state index in [0.29, 0.717) is 12.8 Å². The highest BCUT2D eigenvalue weighted by Gasteiger charge is 2.19. The lowest BCUT2D eigenvalue weighted by Gasteiger charge is -2.18. The zero-order chi connectivity index (χ0) is 46.5. The third-order valence-corrected chi connectivity index (χ3v) is 10.1. The molecule has 6 heteroatoms. The summed E-state index contributed by atoms with van der Waals surface area (Å²) in [5.74, 6) is -1.05. The molecule has 0 saturated carbocycles. The Labute approximate surface area is 392 Å². The molecule has 0 amide bonds. The van der Waals surface area contributed by atoms with Crippen molar-refractivity contribution in [3.63, 3.8) is 0 Å². The number of rotatable bonds is 43. The van der Waals surface area contributed by atoms with Crippen molar-refractivity contribution < 1.29 is 28.6 Å². The first-order valence-corrected chi connectivity index (χ1v) is 25.3. The smallest absolute Gasteiger partial charge is 0.306 e. The Morgan fingerprint density at radius 3 is 1.23 bits per heavy atom. The number of hydrogen-bond donors (Lipinski definition) is 0. The van der Waals surface area contributed by atoms with Gasteiger partial charge in [0, 0.05) is 19.3 Å². The number of carbonyl (C=O) groups excluding carboxylic acids is 3. The maximum absolute atomic E-state index is 12.8. The fourth-order valence-corrected chi connectivity index (χ4v) is 6.30. The Balaban J connectivity index is 4.57. The second kappa shape index (κ2) is 51.2. The number of hydrogen-bond acceptors (Lipinski definition) is 6. The normalized spacial score (nSPS) is 13.2. The molecule has 0 aliphatic heterocycles. The van der Waals surface area contributed by atoms with E-state index in [-0.39, 0.29) is 44.0 Å². The topological polar surface area (TPSA) is 78.9 Å². The fourth-order valence-electron chi connectivity index (χ4n) is 6.30. The lowest BCUT2D eigenvalue weighted by atomic mass is 10.1. The molecule has 0 spiro atoms. The molecule has 0 aliphatic rings. The van der Waals surface area contributed by atoms with Crippen molar-refractivity contribution in [3.05, 3.63) is 134 Å². The average molecular weight is 883 g/mol. The summed E-state index contributed by atoms with van der Waals surface area (Å²) in [5.41, 5.74) is 0. The molecular weight excluding hydrogens is 793 g/mol. The SMILES string of the molecule is CC/C=C/C=C/C=C/C=C/CCCCCCCC(=O)OC(COC(=O)CC/C=C/C/C=C/CCCCCCCC)COC(=O)CCCCCCC/C=C/C=C/C=C/C=C/C=C/CCC. The third-order valence-electron chi connectivity index (χ3n) is 10.1. The number of unbranched alkanes of at least 4 members (excludes halogenated alkanes) is 17. The van der Waals surface area contributed by atoms with E-state index in [0.717, 1.165) is 103 Å². The van der Waals surface area contributed by atoms with Crippen LogP contribution in [0.3, 0.4) is 0 Å². The summed E-state index contributed by atoms with van der Waals surface area (Å²) in [4.78, 5) is 37.9. The minimum absolute atomic E-state index is 0.124. The van der Waals surface area contributed by atoms with Crippen LogP contribution in [0.1, 0.15) is 194 Å². The number of ether oxygens (including phenoxy) is 3. The molecule has 1 atom stereocenters. The van der Waals surface area contributed by atoms with E-state index in [1.165, 1.54) is 44.9 Å². The van der Waals surface area contributed by atoms with Crippen LogP contribution in [0.2, 0.25) is 0 Å². The van der Waals surface area contributed by atoms with E-state index in [1.807, 2.05) is 66.8 Å². The maximum Gasteiger partial charge on any atom is 0.306 e. The second-order valence-electron chi connectivity index (χ2n) is 16.2. The zero-order valence-corrected chi connectivity index (χ0v) is 40.7. The minimum Gasteiger partial charge on any atom is -0.462 e. The molecule has 0 bridgehead atoms. The summed E-state index contributed by atoms with van der Waals surface area (Å²) in [6, 6.07) is 0. The van der Waals surface area contributed by atoms with Crippen molar-refractivity contribution in [1.82, 2.24) is 0 Å². The van der Waals surface area contributed by atoms with Gasteiger partial charge >= 0.3 is 17.9 Å². The first-order chi connectivity index (χ1) is 31.5. The quantitative estimate of drug-likeness (QED) is 0.0200. The predicted octanol–water partition coefficient (Wildman–Crippen LogP) is 16.7. The lowest BCUT2D eigenvalue weighted by molar-refractivity contribution is -0.166. The third kappa shape index (κ3) is 48.6. The Hall–Kier alpha value is -4.45. The van der Waals surface area contributed by atoms with Crippen LogP contribution in [0, 0.1) is 0 Å². The Bertz CT molecular complexity index is 1430. The van der Waals surface area contributed by atoms with Crippen molar-refractivity contribution in [2.75, 3.05) is 13.2 Å². The van der Waals surface area contributed by atoms with E-state index in [4.69, 9.17) is 14.2 Å². The Morgan fingerprint density at radius 2 is 0.734 bits per heavy atom. The second-order valence-corrected chi connectivity index (χ2v) is 16.2. The molecule has 0 rings (SSSR count).